The molecule has 0 radical (unpaired) electrons. The van der Waals surface area contributed by atoms with Gasteiger partial charge in [0.1, 0.15) is 12.3 Å². The SMILES string of the molecule is CCOc1ccccc1NC(=O)CN1CCN(c2ccc(C)cc2)C1=O. The number of aryl methyl sites for hydroxylation is 1. The number of hydrogen-bond acceptors (Lipinski definition) is 3. The van der Waals surface area contributed by atoms with Crippen molar-refractivity contribution < 1.29 is 14.3 Å². The van der Waals surface area contributed by atoms with Gasteiger partial charge in [-0.2, -0.15) is 0 Å². The Hall–Kier alpha value is -3.02. The third-order valence-corrected chi connectivity index (χ3v) is 4.24. The molecule has 1 fully saturated rings. The number of nitrogens with zero attached hydrogens (tertiary/aromatic N) is 2. The molecule has 1 N–H and O–H groups in total. The molecular formula is C20H23N3O3. The molecule has 0 atom stereocenters. The molecule has 1 saturated heterocycles. The number of anilines is 2. The largest absolute Gasteiger partial charge is 0.492 e. The monoisotopic (exact) mass is 353 g/mol. The highest BCUT2D eigenvalue weighted by Crippen LogP contribution is 2.24. The molecule has 6 nitrogen and oxygen atoms in total. The fraction of sp³-hybridized carbons (Fsp3) is 0.300. The number of hydrogen-bond donors (Lipinski definition) is 1. The molecule has 0 unspecified atom stereocenters. The van der Waals surface area contributed by atoms with Crippen molar-refractivity contribution in [2.45, 2.75) is 13.8 Å². The van der Waals surface area contributed by atoms with Gasteiger partial charge in [0.05, 0.1) is 12.3 Å². The van der Waals surface area contributed by atoms with Crippen LogP contribution in [0.25, 0.3) is 0 Å². The van der Waals surface area contributed by atoms with Gasteiger partial charge in [-0.3, -0.25) is 9.69 Å². The van der Waals surface area contributed by atoms with Crippen LogP contribution < -0.4 is 15.0 Å². The van der Waals surface area contributed by atoms with E-state index in [9.17, 15) is 9.59 Å². The zero-order valence-electron chi connectivity index (χ0n) is 15.1. The summed E-state index contributed by atoms with van der Waals surface area (Å²) in [6.45, 7) is 5.52. The van der Waals surface area contributed by atoms with E-state index < -0.39 is 0 Å². The summed E-state index contributed by atoms with van der Waals surface area (Å²) in [5, 5.41) is 2.83. The van der Waals surface area contributed by atoms with E-state index in [4.69, 9.17) is 4.74 Å². The molecule has 6 heteroatoms. The van der Waals surface area contributed by atoms with Crippen molar-refractivity contribution in [2.75, 3.05) is 36.5 Å². The molecule has 0 bridgehead atoms. The van der Waals surface area contributed by atoms with Crippen molar-refractivity contribution in [3.63, 3.8) is 0 Å². The van der Waals surface area contributed by atoms with Gasteiger partial charge in [0, 0.05) is 18.8 Å². The molecule has 1 aliphatic heterocycles. The molecular weight excluding hydrogens is 330 g/mol. The lowest BCUT2D eigenvalue weighted by Crippen LogP contribution is -2.37. The van der Waals surface area contributed by atoms with Crippen LogP contribution in [0.1, 0.15) is 12.5 Å². The van der Waals surface area contributed by atoms with Gasteiger partial charge in [0.15, 0.2) is 0 Å². The van der Waals surface area contributed by atoms with Crippen molar-refractivity contribution in [3.8, 4) is 5.75 Å². The summed E-state index contributed by atoms with van der Waals surface area (Å²) in [6.07, 6.45) is 0. The van der Waals surface area contributed by atoms with Crippen molar-refractivity contribution in [1.82, 2.24) is 4.90 Å². The smallest absolute Gasteiger partial charge is 0.325 e. The van der Waals surface area contributed by atoms with E-state index in [0.29, 0.717) is 31.1 Å². The zero-order chi connectivity index (χ0) is 18.5. The first kappa shape index (κ1) is 17.8. The van der Waals surface area contributed by atoms with E-state index in [-0.39, 0.29) is 18.5 Å². The lowest BCUT2D eigenvalue weighted by molar-refractivity contribution is -0.116. The van der Waals surface area contributed by atoms with Crippen LogP contribution in [0.5, 0.6) is 5.75 Å². The van der Waals surface area contributed by atoms with Crippen molar-refractivity contribution in [1.29, 1.82) is 0 Å². The number of carbonyl (C=O) groups is 2. The van der Waals surface area contributed by atoms with Crippen LogP contribution in [0.2, 0.25) is 0 Å². The second kappa shape index (κ2) is 7.91. The number of para-hydroxylation sites is 2. The maximum Gasteiger partial charge on any atom is 0.325 e. The normalized spacial score (nSPS) is 13.8. The maximum atomic E-state index is 12.6. The maximum absolute atomic E-state index is 12.6. The summed E-state index contributed by atoms with van der Waals surface area (Å²) in [7, 11) is 0. The highest BCUT2D eigenvalue weighted by atomic mass is 16.5. The average Bonchev–Trinajstić information content (AvgIpc) is 2.98. The Morgan fingerprint density at radius 3 is 2.58 bits per heavy atom. The van der Waals surface area contributed by atoms with E-state index in [1.807, 2.05) is 50.2 Å². The Labute approximate surface area is 153 Å². The standard InChI is InChI=1S/C20H23N3O3/c1-3-26-18-7-5-4-6-17(18)21-19(24)14-22-12-13-23(20(22)25)16-10-8-15(2)9-11-16/h4-11H,3,12-14H2,1-2H3,(H,21,24). The molecule has 0 aliphatic carbocycles. The van der Waals surface area contributed by atoms with Gasteiger partial charge in [-0.15, -0.1) is 0 Å². The molecule has 3 amide bonds. The van der Waals surface area contributed by atoms with Gasteiger partial charge in [-0.1, -0.05) is 29.8 Å². The molecule has 1 aliphatic rings. The number of rotatable bonds is 6. The van der Waals surface area contributed by atoms with Crippen LogP contribution >= 0.6 is 0 Å². The highest BCUT2D eigenvalue weighted by Gasteiger charge is 2.30. The Kier molecular flexibility index (Phi) is 5.41. The molecule has 26 heavy (non-hydrogen) atoms. The third-order valence-electron chi connectivity index (χ3n) is 4.24. The van der Waals surface area contributed by atoms with Crippen LogP contribution in [0.4, 0.5) is 16.2 Å². The van der Waals surface area contributed by atoms with Crippen molar-refractivity contribution >= 4 is 23.3 Å². The fourth-order valence-corrected chi connectivity index (χ4v) is 2.91. The lowest BCUT2D eigenvalue weighted by atomic mass is 10.2. The molecule has 0 aromatic heterocycles. The summed E-state index contributed by atoms with van der Waals surface area (Å²) < 4.78 is 5.51. The summed E-state index contributed by atoms with van der Waals surface area (Å²) in [6, 6.07) is 14.9. The summed E-state index contributed by atoms with van der Waals surface area (Å²) in [4.78, 5) is 28.2. The molecule has 2 aromatic rings. The van der Waals surface area contributed by atoms with Gasteiger partial charge in [0.25, 0.3) is 0 Å². The minimum absolute atomic E-state index is 0.0155. The Morgan fingerprint density at radius 2 is 1.85 bits per heavy atom. The van der Waals surface area contributed by atoms with Gasteiger partial charge in [-0.05, 0) is 38.1 Å². The number of nitrogens with one attached hydrogen (secondary N) is 1. The van der Waals surface area contributed by atoms with Crippen molar-refractivity contribution in [3.05, 3.63) is 54.1 Å². The van der Waals surface area contributed by atoms with Gasteiger partial charge in [-0.25, -0.2) is 4.79 Å². The second-order valence-corrected chi connectivity index (χ2v) is 6.17. The van der Waals surface area contributed by atoms with E-state index in [2.05, 4.69) is 5.32 Å². The van der Waals surface area contributed by atoms with Gasteiger partial charge >= 0.3 is 6.03 Å². The van der Waals surface area contributed by atoms with Crippen LogP contribution in [0.15, 0.2) is 48.5 Å². The molecule has 2 aromatic carbocycles. The van der Waals surface area contributed by atoms with E-state index in [0.717, 1.165) is 11.3 Å². The number of amides is 3. The summed E-state index contributed by atoms with van der Waals surface area (Å²) in [5.41, 5.74) is 2.61. The first-order valence-electron chi connectivity index (χ1n) is 8.73. The van der Waals surface area contributed by atoms with E-state index >= 15 is 0 Å². The van der Waals surface area contributed by atoms with Crippen molar-refractivity contribution in [2.24, 2.45) is 0 Å². The molecule has 1 heterocycles. The highest BCUT2D eigenvalue weighted by molar-refractivity contribution is 5.99. The summed E-state index contributed by atoms with van der Waals surface area (Å²) in [5.74, 6) is 0.383. The topological polar surface area (TPSA) is 61.9 Å². The predicted octanol–water partition coefficient (Wildman–Crippen LogP) is 3.27. The number of benzene rings is 2. The average molecular weight is 353 g/mol. The minimum atomic E-state index is -0.240. The number of ether oxygens (including phenoxy) is 1. The van der Waals surface area contributed by atoms with Crippen LogP contribution in [-0.2, 0) is 4.79 Å². The molecule has 136 valence electrons. The first-order chi connectivity index (χ1) is 12.6. The Balaban J connectivity index is 1.62. The lowest BCUT2D eigenvalue weighted by Gasteiger charge is -2.19. The zero-order valence-corrected chi connectivity index (χ0v) is 15.1. The predicted molar refractivity (Wildman–Crippen MR) is 102 cm³/mol. The Bertz CT molecular complexity index is 789. The van der Waals surface area contributed by atoms with Gasteiger partial charge < -0.3 is 15.0 Å². The second-order valence-electron chi connectivity index (χ2n) is 6.17. The minimum Gasteiger partial charge on any atom is -0.492 e. The van der Waals surface area contributed by atoms with E-state index in [1.165, 1.54) is 0 Å². The number of carbonyl (C=O) groups excluding carboxylic acids is 2. The van der Waals surface area contributed by atoms with Crippen LogP contribution in [0, 0.1) is 6.92 Å². The molecule has 0 saturated carbocycles. The molecule has 3 rings (SSSR count). The van der Waals surface area contributed by atoms with Crippen LogP contribution in [0.3, 0.4) is 0 Å². The van der Waals surface area contributed by atoms with Crippen LogP contribution in [-0.4, -0.2) is 43.1 Å². The first-order valence-corrected chi connectivity index (χ1v) is 8.73. The Morgan fingerprint density at radius 1 is 1.12 bits per heavy atom. The quantitative estimate of drug-likeness (QED) is 0.867. The summed E-state index contributed by atoms with van der Waals surface area (Å²) >= 11 is 0. The third kappa shape index (κ3) is 3.96. The molecule has 0 spiro atoms. The fourth-order valence-electron chi connectivity index (χ4n) is 2.91. The van der Waals surface area contributed by atoms with E-state index in [1.54, 1.807) is 21.9 Å². The number of urea groups is 1. The van der Waals surface area contributed by atoms with Gasteiger partial charge in [0.2, 0.25) is 5.91 Å².